The fraction of sp³-hybridized carbons (Fsp3) is 0.333. The zero-order chi connectivity index (χ0) is 24.4. The van der Waals surface area contributed by atoms with Crippen LogP contribution in [0.1, 0.15) is 12.5 Å². The van der Waals surface area contributed by atoms with Gasteiger partial charge in [0.25, 0.3) is 0 Å². The average Bonchev–Trinajstić information content (AvgIpc) is 3.31. The molecule has 5 rings (SSSR count). The molecule has 8 nitrogen and oxygen atoms in total. The number of methoxy groups -OCH3 is 1. The largest absolute Gasteiger partial charge is 0.494 e. The van der Waals surface area contributed by atoms with E-state index in [0.717, 1.165) is 73.3 Å². The van der Waals surface area contributed by atoms with Crippen molar-refractivity contribution in [2.75, 3.05) is 67.3 Å². The van der Waals surface area contributed by atoms with Gasteiger partial charge in [-0.2, -0.15) is 0 Å². The van der Waals surface area contributed by atoms with E-state index in [-0.39, 0.29) is 5.91 Å². The second-order valence-electron chi connectivity index (χ2n) is 9.09. The lowest BCUT2D eigenvalue weighted by Gasteiger charge is -2.34. The van der Waals surface area contributed by atoms with Gasteiger partial charge < -0.3 is 30.1 Å². The first-order valence-electron chi connectivity index (χ1n) is 12.0. The molecule has 2 aromatic carbocycles. The maximum absolute atomic E-state index is 12.1. The fourth-order valence-corrected chi connectivity index (χ4v) is 4.79. The second kappa shape index (κ2) is 9.84. The van der Waals surface area contributed by atoms with Crippen molar-refractivity contribution < 1.29 is 9.53 Å². The number of para-hydroxylation sites is 1. The van der Waals surface area contributed by atoms with Crippen LogP contribution in [0.15, 0.2) is 54.7 Å². The van der Waals surface area contributed by atoms with E-state index < -0.39 is 0 Å². The number of likely N-dealkylation sites (N-methyl/N-ethyl adjacent to an activating group) is 1. The van der Waals surface area contributed by atoms with E-state index in [0.29, 0.717) is 5.82 Å². The first-order valence-corrected chi connectivity index (χ1v) is 12.0. The average molecular weight is 473 g/mol. The molecule has 0 atom stereocenters. The summed E-state index contributed by atoms with van der Waals surface area (Å²) in [5.41, 5.74) is 5.98. The number of aromatic nitrogens is 1. The first-order chi connectivity index (χ1) is 17.0. The van der Waals surface area contributed by atoms with Crippen LogP contribution >= 0.6 is 0 Å². The number of ether oxygens (including phenoxy) is 1. The third kappa shape index (κ3) is 4.88. The molecule has 0 bridgehead atoms. The van der Waals surface area contributed by atoms with Crippen molar-refractivity contribution >= 4 is 40.2 Å². The Hall–Kier alpha value is -3.78. The number of nitrogens with zero attached hydrogens (tertiary/aromatic N) is 4. The molecule has 1 aromatic heterocycles. The Morgan fingerprint density at radius 3 is 2.57 bits per heavy atom. The maximum Gasteiger partial charge on any atom is 0.223 e. The van der Waals surface area contributed by atoms with Crippen LogP contribution in [-0.4, -0.2) is 62.7 Å². The van der Waals surface area contributed by atoms with Gasteiger partial charge in [0.05, 0.1) is 24.2 Å². The van der Waals surface area contributed by atoms with Gasteiger partial charge in [-0.1, -0.05) is 12.1 Å². The Bertz CT molecular complexity index is 1220. The number of hydrogen-bond donors (Lipinski definition) is 2. The van der Waals surface area contributed by atoms with Crippen molar-refractivity contribution in [3.63, 3.8) is 0 Å². The Labute approximate surface area is 206 Å². The smallest absolute Gasteiger partial charge is 0.223 e. The highest BCUT2D eigenvalue weighted by Gasteiger charge is 2.25. The van der Waals surface area contributed by atoms with Gasteiger partial charge in [0.2, 0.25) is 5.91 Å². The van der Waals surface area contributed by atoms with E-state index in [1.165, 1.54) is 5.56 Å². The quantitative estimate of drug-likeness (QED) is 0.556. The molecule has 1 saturated heterocycles. The van der Waals surface area contributed by atoms with Gasteiger partial charge in [0, 0.05) is 69.4 Å². The zero-order valence-electron chi connectivity index (χ0n) is 20.5. The van der Waals surface area contributed by atoms with Crippen LogP contribution in [-0.2, 0) is 11.2 Å². The summed E-state index contributed by atoms with van der Waals surface area (Å²) in [6.07, 6.45) is 2.64. The summed E-state index contributed by atoms with van der Waals surface area (Å²) in [5.74, 6) is 1.54. The molecule has 2 aliphatic rings. The number of piperazine rings is 1. The summed E-state index contributed by atoms with van der Waals surface area (Å²) >= 11 is 0. The van der Waals surface area contributed by atoms with Crippen molar-refractivity contribution in [1.82, 2.24) is 9.88 Å². The molecule has 8 heteroatoms. The summed E-state index contributed by atoms with van der Waals surface area (Å²) < 4.78 is 5.70. The third-order valence-corrected chi connectivity index (χ3v) is 6.73. The predicted octanol–water partition coefficient (Wildman–Crippen LogP) is 4.24. The molecule has 2 aliphatic heterocycles. The summed E-state index contributed by atoms with van der Waals surface area (Å²) in [7, 11) is 3.85. The number of pyridine rings is 1. The van der Waals surface area contributed by atoms with Crippen LogP contribution in [0, 0.1) is 0 Å². The zero-order valence-corrected chi connectivity index (χ0v) is 20.5. The van der Waals surface area contributed by atoms with Gasteiger partial charge in [0.15, 0.2) is 0 Å². The van der Waals surface area contributed by atoms with Crippen molar-refractivity contribution in [2.45, 2.75) is 13.3 Å². The Morgan fingerprint density at radius 1 is 0.971 bits per heavy atom. The van der Waals surface area contributed by atoms with Gasteiger partial charge in [-0.25, -0.2) is 4.98 Å². The van der Waals surface area contributed by atoms with Crippen LogP contribution in [0.5, 0.6) is 5.75 Å². The highest BCUT2D eigenvalue weighted by molar-refractivity contribution is 5.98. The van der Waals surface area contributed by atoms with Crippen LogP contribution in [0.4, 0.5) is 34.3 Å². The number of fused-ring (bicyclic) bond motifs is 1. The lowest BCUT2D eigenvalue weighted by molar-refractivity contribution is -0.116. The van der Waals surface area contributed by atoms with Crippen LogP contribution in [0.3, 0.4) is 0 Å². The van der Waals surface area contributed by atoms with Crippen molar-refractivity contribution in [2.24, 2.45) is 0 Å². The van der Waals surface area contributed by atoms with Gasteiger partial charge in [-0.3, -0.25) is 4.79 Å². The molecular formula is C27H32N6O2. The van der Waals surface area contributed by atoms with E-state index >= 15 is 0 Å². The molecule has 2 N–H and O–H groups in total. The number of carbonyl (C=O) groups is 1. The van der Waals surface area contributed by atoms with Gasteiger partial charge in [0.1, 0.15) is 11.6 Å². The maximum atomic E-state index is 12.1. The minimum absolute atomic E-state index is 0.0576. The molecule has 1 fully saturated rings. The number of rotatable bonds is 6. The molecule has 0 unspecified atom stereocenters. The molecule has 0 spiro atoms. The van der Waals surface area contributed by atoms with E-state index in [2.05, 4.69) is 50.7 Å². The van der Waals surface area contributed by atoms with E-state index in [9.17, 15) is 4.79 Å². The minimum atomic E-state index is 0.0576. The molecule has 35 heavy (non-hydrogen) atoms. The van der Waals surface area contributed by atoms with Crippen molar-refractivity contribution in [3.8, 4) is 5.75 Å². The summed E-state index contributed by atoms with van der Waals surface area (Å²) in [4.78, 5) is 23.2. The van der Waals surface area contributed by atoms with Crippen molar-refractivity contribution in [1.29, 1.82) is 0 Å². The molecule has 1 amide bonds. The second-order valence-corrected chi connectivity index (χ2v) is 9.09. The lowest BCUT2D eigenvalue weighted by Crippen LogP contribution is -2.44. The Balaban J connectivity index is 1.34. The number of anilines is 6. The van der Waals surface area contributed by atoms with Gasteiger partial charge in [-0.05, 0) is 43.3 Å². The summed E-state index contributed by atoms with van der Waals surface area (Å²) in [6, 6.07) is 16.3. The SMILES string of the molecule is COc1cc(N2CCN(C)CC2)ccc1Nc1cc(Nc2cccc3c2N(C(C)=O)CC3)ccn1. The van der Waals surface area contributed by atoms with Gasteiger partial charge >= 0.3 is 0 Å². The lowest BCUT2D eigenvalue weighted by atomic mass is 10.1. The van der Waals surface area contributed by atoms with Crippen LogP contribution < -0.4 is 25.2 Å². The monoisotopic (exact) mass is 472 g/mol. The first kappa shape index (κ1) is 23.0. The minimum Gasteiger partial charge on any atom is -0.494 e. The number of amides is 1. The molecular weight excluding hydrogens is 440 g/mol. The summed E-state index contributed by atoms with van der Waals surface area (Å²) in [5, 5.41) is 6.88. The van der Waals surface area contributed by atoms with E-state index in [1.807, 2.05) is 35.2 Å². The Morgan fingerprint density at radius 2 is 1.80 bits per heavy atom. The van der Waals surface area contributed by atoms with E-state index in [1.54, 1.807) is 20.2 Å². The standard InChI is InChI=1S/C27H32N6O2/c1-19(34)33-12-10-20-5-4-6-24(27(20)33)29-21-9-11-28-26(17-21)30-23-8-7-22(18-25(23)35-3)32-15-13-31(2)14-16-32/h4-9,11,17-18H,10,12-16H2,1-3H3,(H2,28,29,30). The molecule has 3 aromatic rings. The van der Waals surface area contributed by atoms with Crippen LogP contribution in [0.2, 0.25) is 0 Å². The predicted molar refractivity (Wildman–Crippen MR) is 142 cm³/mol. The fourth-order valence-electron chi connectivity index (χ4n) is 4.79. The molecule has 182 valence electrons. The normalized spacial score (nSPS) is 15.6. The topological polar surface area (TPSA) is 73.0 Å². The highest BCUT2D eigenvalue weighted by atomic mass is 16.5. The molecule has 0 aliphatic carbocycles. The van der Waals surface area contributed by atoms with Gasteiger partial charge in [-0.15, -0.1) is 0 Å². The molecule has 0 saturated carbocycles. The van der Waals surface area contributed by atoms with Crippen LogP contribution in [0.25, 0.3) is 0 Å². The van der Waals surface area contributed by atoms with E-state index in [4.69, 9.17) is 4.74 Å². The number of nitrogens with one attached hydrogen (secondary N) is 2. The summed E-state index contributed by atoms with van der Waals surface area (Å²) in [6.45, 7) is 6.46. The third-order valence-electron chi connectivity index (χ3n) is 6.73. The molecule has 0 radical (unpaired) electrons. The number of carbonyl (C=O) groups excluding carboxylic acids is 1. The number of hydrogen-bond acceptors (Lipinski definition) is 7. The highest BCUT2D eigenvalue weighted by Crippen LogP contribution is 2.38. The number of benzene rings is 2. The van der Waals surface area contributed by atoms with Crippen molar-refractivity contribution in [3.05, 3.63) is 60.3 Å². The Kier molecular flexibility index (Phi) is 6.46. The molecule has 3 heterocycles.